The molecule has 1 N–H and O–H groups in total. The third-order valence-electron chi connectivity index (χ3n) is 5.70. The molecule has 0 unspecified atom stereocenters. The second-order valence-corrected chi connectivity index (χ2v) is 8.89. The van der Waals surface area contributed by atoms with Gasteiger partial charge in [0.15, 0.2) is 0 Å². The summed E-state index contributed by atoms with van der Waals surface area (Å²) in [5.74, 6) is 0.439. The van der Waals surface area contributed by atoms with Gasteiger partial charge in [-0.25, -0.2) is 0 Å². The molecule has 0 aliphatic carbocycles. The molecule has 0 radical (unpaired) electrons. The molecule has 2 aromatic rings. The lowest BCUT2D eigenvalue weighted by Gasteiger charge is -2.32. The van der Waals surface area contributed by atoms with Gasteiger partial charge in [-0.2, -0.15) is 0 Å². The molecule has 0 spiro atoms. The Bertz CT molecular complexity index is 941. The molecule has 3 rings (SSSR count). The molecule has 1 aliphatic heterocycles. The van der Waals surface area contributed by atoms with Gasteiger partial charge in [-0.1, -0.05) is 36.9 Å². The zero-order valence-electron chi connectivity index (χ0n) is 20.5. The van der Waals surface area contributed by atoms with Crippen LogP contribution in [0.25, 0.3) is 6.08 Å². The van der Waals surface area contributed by atoms with Gasteiger partial charge in [-0.05, 0) is 56.9 Å². The summed E-state index contributed by atoms with van der Waals surface area (Å²) in [7, 11) is 5.18. The average molecular weight is 438 g/mol. The Kier molecular flexibility index (Phi) is 8.15. The summed E-state index contributed by atoms with van der Waals surface area (Å²) < 4.78 is 17.3. The number of para-hydroxylation sites is 1. The van der Waals surface area contributed by atoms with E-state index in [0.717, 1.165) is 5.46 Å². The van der Waals surface area contributed by atoms with E-state index < -0.39 is 7.12 Å². The van der Waals surface area contributed by atoms with Crippen LogP contribution in [0.5, 0.6) is 5.75 Å². The standard InChI is InChI=1S/C15H22BNO4.C10H13N/c1-10(18)17-12-8-7-11(9-13(12)19-6)16-20-14(2,3)15(4,5)21-16;1-4-9-7-5-6-8-10(9)11(2)3/h7-9H,1-6H3,(H,17,18);4-8H,1H2,2-3H3. The van der Waals surface area contributed by atoms with Crippen LogP contribution in [0.15, 0.2) is 49.0 Å². The topological polar surface area (TPSA) is 60.0 Å². The van der Waals surface area contributed by atoms with Crippen molar-refractivity contribution < 1.29 is 18.8 Å². The predicted octanol–water partition coefficient (Wildman–Crippen LogP) is 4.35. The Balaban J connectivity index is 0.000000278. The lowest BCUT2D eigenvalue weighted by atomic mass is 9.79. The quantitative estimate of drug-likeness (QED) is 0.704. The zero-order valence-corrected chi connectivity index (χ0v) is 20.5. The fourth-order valence-corrected chi connectivity index (χ4v) is 3.19. The number of hydrogen-bond acceptors (Lipinski definition) is 5. The van der Waals surface area contributed by atoms with Gasteiger partial charge in [-0.3, -0.25) is 4.79 Å². The third-order valence-corrected chi connectivity index (χ3v) is 5.70. The van der Waals surface area contributed by atoms with Crippen LogP contribution >= 0.6 is 0 Å². The molecule has 7 heteroatoms. The Labute approximate surface area is 192 Å². The van der Waals surface area contributed by atoms with Crippen molar-refractivity contribution in [1.82, 2.24) is 0 Å². The first-order chi connectivity index (χ1) is 14.9. The minimum atomic E-state index is -0.449. The molecule has 1 heterocycles. The number of hydrogen-bond donors (Lipinski definition) is 1. The zero-order chi connectivity index (χ0) is 24.1. The van der Waals surface area contributed by atoms with Gasteiger partial charge in [0.05, 0.1) is 24.0 Å². The van der Waals surface area contributed by atoms with Crippen LogP contribution in [0, 0.1) is 0 Å². The maximum Gasteiger partial charge on any atom is 0.494 e. The molecule has 6 nitrogen and oxygen atoms in total. The lowest BCUT2D eigenvalue weighted by molar-refractivity contribution is -0.114. The van der Waals surface area contributed by atoms with E-state index in [1.54, 1.807) is 13.2 Å². The molecule has 0 atom stereocenters. The van der Waals surface area contributed by atoms with Crippen LogP contribution in [0.4, 0.5) is 11.4 Å². The van der Waals surface area contributed by atoms with Crippen molar-refractivity contribution in [3.05, 3.63) is 54.6 Å². The van der Waals surface area contributed by atoms with Crippen LogP contribution < -0.4 is 20.4 Å². The van der Waals surface area contributed by atoms with Gasteiger partial charge in [0, 0.05) is 26.7 Å². The normalized spacial score (nSPS) is 15.9. The van der Waals surface area contributed by atoms with E-state index in [0.29, 0.717) is 11.4 Å². The highest BCUT2D eigenvalue weighted by atomic mass is 16.7. The van der Waals surface area contributed by atoms with E-state index in [2.05, 4.69) is 28.9 Å². The fourth-order valence-electron chi connectivity index (χ4n) is 3.19. The van der Waals surface area contributed by atoms with Crippen molar-refractivity contribution in [3.63, 3.8) is 0 Å². The van der Waals surface area contributed by atoms with Gasteiger partial charge in [0.25, 0.3) is 0 Å². The Morgan fingerprint density at radius 2 is 1.69 bits per heavy atom. The molecular formula is C25H35BN2O4. The molecule has 1 saturated heterocycles. The van der Waals surface area contributed by atoms with E-state index in [4.69, 9.17) is 14.0 Å². The maximum atomic E-state index is 11.2. The maximum absolute atomic E-state index is 11.2. The van der Waals surface area contributed by atoms with E-state index in [-0.39, 0.29) is 17.1 Å². The van der Waals surface area contributed by atoms with Gasteiger partial charge in [-0.15, -0.1) is 0 Å². The van der Waals surface area contributed by atoms with Crippen molar-refractivity contribution in [3.8, 4) is 5.75 Å². The summed E-state index contributed by atoms with van der Waals surface area (Å²) in [6.07, 6.45) is 1.87. The molecule has 32 heavy (non-hydrogen) atoms. The average Bonchev–Trinajstić information content (AvgIpc) is 2.95. The second kappa shape index (κ2) is 10.2. The molecule has 0 aromatic heterocycles. The summed E-state index contributed by atoms with van der Waals surface area (Å²) in [6.45, 7) is 13.2. The van der Waals surface area contributed by atoms with Crippen LogP contribution in [-0.2, 0) is 14.1 Å². The van der Waals surface area contributed by atoms with Crippen LogP contribution in [-0.4, -0.2) is 45.4 Å². The Morgan fingerprint density at radius 1 is 1.09 bits per heavy atom. The lowest BCUT2D eigenvalue weighted by Crippen LogP contribution is -2.41. The Hall–Kier alpha value is -2.77. The van der Waals surface area contributed by atoms with Crippen LogP contribution in [0.3, 0.4) is 0 Å². The number of carbonyl (C=O) groups excluding carboxylic acids is 1. The van der Waals surface area contributed by atoms with Gasteiger partial charge in [0.1, 0.15) is 5.75 Å². The first kappa shape index (κ1) is 25.5. The Morgan fingerprint density at radius 3 is 2.16 bits per heavy atom. The number of amides is 1. The molecule has 0 bridgehead atoms. The number of ether oxygens (including phenoxy) is 1. The molecule has 2 aromatic carbocycles. The van der Waals surface area contributed by atoms with Crippen molar-refractivity contribution in [1.29, 1.82) is 0 Å². The summed E-state index contributed by atoms with van der Waals surface area (Å²) in [6, 6.07) is 13.7. The molecule has 0 saturated carbocycles. The third kappa shape index (κ3) is 5.93. The highest BCUT2D eigenvalue weighted by molar-refractivity contribution is 6.62. The van der Waals surface area contributed by atoms with Crippen molar-refractivity contribution in [2.24, 2.45) is 0 Å². The minimum Gasteiger partial charge on any atom is -0.495 e. The summed E-state index contributed by atoms with van der Waals surface area (Å²) >= 11 is 0. The fraction of sp³-hybridized carbons (Fsp3) is 0.400. The highest BCUT2D eigenvalue weighted by Gasteiger charge is 2.51. The van der Waals surface area contributed by atoms with Crippen molar-refractivity contribution in [2.75, 3.05) is 31.4 Å². The number of benzene rings is 2. The van der Waals surface area contributed by atoms with Gasteiger partial charge < -0.3 is 24.3 Å². The molecule has 1 amide bonds. The number of methoxy groups -OCH3 is 1. The number of rotatable bonds is 5. The first-order valence-corrected chi connectivity index (χ1v) is 10.6. The van der Waals surface area contributed by atoms with Crippen molar-refractivity contribution >= 4 is 35.9 Å². The van der Waals surface area contributed by atoms with E-state index in [1.807, 2.05) is 72.1 Å². The summed E-state index contributed by atoms with van der Waals surface area (Å²) in [4.78, 5) is 13.3. The van der Waals surface area contributed by atoms with Gasteiger partial charge >= 0.3 is 7.12 Å². The highest BCUT2D eigenvalue weighted by Crippen LogP contribution is 2.37. The number of carbonyl (C=O) groups is 1. The van der Waals surface area contributed by atoms with E-state index in [1.165, 1.54) is 18.2 Å². The van der Waals surface area contributed by atoms with Crippen molar-refractivity contribution in [2.45, 2.75) is 45.8 Å². The smallest absolute Gasteiger partial charge is 0.494 e. The molecular weight excluding hydrogens is 403 g/mol. The largest absolute Gasteiger partial charge is 0.495 e. The predicted molar refractivity (Wildman–Crippen MR) is 134 cm³/mol. The van der Waals surface area contributed by atoms with E-state index >= 15 is 0 Å². The summed E-state index contributed by atoms with van der Waals surface area (Å²) in [5, 5.41) is 2.73. The number of nitrogens with one attached hydrogen (secondary N) is 1. The number of anilines is 2. The van der Waals surface area contributed by atoms with E-state index in [9.17, 15) is 4.79 Å². The SMILES string of the molecule is C=Cc1ccccc1N(C)C.COc1cc(B2OC(C)(C)C(C)(C)O2)ccc1NC(C)=O. The van der Waals surface area contributed by atoms with Crippen LogP contribution in [0.2, 0.25) is 0 Å². The van der Waals surface area contributed by atoms with Crippen LogP contribution in [0.1, 0.15) is 40.2 Å². The molecule has 172 valence electrons. The molecule has 1 aliphatic rings. The molecule has 1 fully saturated rings. The second-order valence-electron chi connectivity index (χ2n) is 8.89. The minimum absolute atomic E-state index is 0.142. The monoisotopic (exact) mass is 438 g/mol. The van der Waals surface area contributed by atoms with Gasteiger partial charge in [0.2, 0.25) is 5.91 Å². The number of nitrogens with zero attached hydrogens (tertiary/aromatic N) is 1. The first-order valence-electron chi connectivity index (χ1n) is 10.6. The summed E-state index contributed by atoms with van der Waals surface area (Å²) in [5.41, 5.74) is 3.10.